The van der Waals surface area contributed by atoms with Gasteiger partial charge in [-0.15, -0.1) is 0 Å². The van der Waals surface area contributed by atoms with Crippen molar-refractivity contribution in [1.82, 2.24) is 0 Å². The van der Waals surface area contributed by atoms with Crippen LogP contribution < -0.4 is 0 Å². The molecule has 0 bridgehead atoms. The Morgan fingerprint density at radius 2 is 0.519 bits per heavy atom. The third-order valence-corrected chi connectivity index (χ3v) is 14.5. The monoisotopic (exact) mass is 1100 g/mol. The van der Waals surface area contributed by atoms with Gasteiger partial charge in [0.15, 0.2) is 6.10 Å². The molecule has 0 aliphatic heterocycles. The zero-order valence-electron chi connectivity index (χ0n) is 52.1. The summed E-state index contributed by atoms with van der Waals surface area (Å²) in [5, 5.41) is 0. The molecule has 1 unspecified atom stereocenters. The van der Waals surface area contributed by atoms with Gasteiger partial charge in [-0.25, -0.2) is 0 Å². The second-order valence-corrected chi connectivity index (χ2v) is 22.3. The lowest BCUT2D eigenvalue weighted by molar-refractivity contribution is -0.167. The first-order valence-electron chi connectivity index (χ1n) is 33.7. The third kappa shape index (κ3) is 65.0. The largest absolute Gasteiger partial charge is 0.462 e. The molecular formula is C73H126O6. The van der Waals surface area contributed by atoms with Gasteiger partial charge in [0, 0.05) is 19.3 Å². The molecule has 6 heteroatoms. The van der Waals surface area contributed by atoms with Crippen molar-refractivity contribution < 1.29 is 28.6 Å². The van der Waals surface area contributed by atoms with Crippen LogP contribution in [0.4, 0.5) is 0 Å². The minimum absolute atomic E-state index is 0.0825. The minimum Gasteiger partial charge on any atom is -0.462 e. The number of hydrogen-bond donors (Lipinski definition) is 0. The highest BCUT2D eigenvalue weighted by molar-refractivity contribution is 5.71. The Labute approximate surface area is 489 Å². The molecule has 0 aliphatic rings. The normalized spacial score (nSPS) is 12.7. The minimum atomic E-state index is -0.787. The Morgan fingerprint density at radius 3 is 0.823 bits per heavy atom. The fourth-order valence-corrected chi connectivity index (χ4v) is 9.50. The molecule has 0 spiro atoms. The van der Waals surface area contributed by atoms with E-state index in [1.54, 1.807) is 0 Å². The van der Waals surface area contributed by atoms with E-state index in [9.17, 15) is 14.4 Å². The van der Waals surface area contributed by atoms with Crippen LogP contribution in [0.15, 0.2) is 97.2 Å². The molecule has 79 heavy (non-hydrogen) atoms. The smallest absolute Gasteiger partial charge is 0.306 e. The lowest BCUT2D eigenvalue weighted by atomic mass is 10.0. The molecule has 0 fully saturated rings. The van der Waals surface area contributed by atoms with E-state index in [4.69, 9.17) is 14.2 Å². The van der Waals surface area contributed by atoms with Crippen molar-refractivity contribution in [2.75, 3.05) is 13.2 Å². The summed E-state index contributed by atoms with van der Waals surface area (Å²) < 4.78 is 16.9. The molecule has 0 aromatic rings. The average Bonchev–Trinajstić information content (AvgIpc) is 3.45. The van der Waals surface area contributed by atoms with Gasteiger partial charge in [-0.2, -0.15) is 0 Å². The number of esters is 3. The van der Waals surface area contributed by atoms with Crippen LogP contribution in [0.1, 0.15) is 329 Å². The standard InChI is InChI=1S/C73H126O6/c1-4-7-10-13-16-19-22-25-27-29-30-31-32-33-34-35-36-37-38-39-40-41-42-44-45-48-51-54-57-60-63-66-72(75)78-69-70(68-77-71(74)65-62-59-56-53-50-47-24-21-18-15-12-9-6-3)79-73(76)67-64-61-58-55-52-49-46-43-28-26-23-20-17-14-11-8-5-2/h7,10,12,15-17,19-21,24-28,30-31,70H,4-6,8-9,11,13-14,18,22-23,29,32-69H2,1-3H3/b10-7-,15-12-,19-16-,20-17-,24-21-,27-25-,28-26-,31-30-. The van der Waals surface area contributed by atoms with Crippen molar-refractivity contribution in [3.63, 3.8) is 0 Å². The molecule has 0 amide bonds. The summed E-state index contributed by atoms with van der Waals surface area (Å²) in [6.07, 6.45) is 90.0. The quantitative estimate of drug-likeness (QED) is 0.0261. The van der Waals surface area contributed by atoms with Crippen molar-refractivity contribution in [3.8, 4) is 0 Å². The summed E-state index contributed by atoms with van der Waals surface area (Å²) in [6.45, 7) is 6.45. The van der Waals surface area contributed by atoms with Gasteiger partial charge in [0.25, 0.3) is 0 Å². The van der Waals surface area contributed by atoms with E-state index in [0.717, 1.165) is 122 Å². The SMILES string of the molecule is CC/C=C\C/C=C\C/C=C\C/C=C\CCCCCCCCCCCCCCCCCCCCC(=O)OCC(COC(=O)CCCCCCC/C=C\C/C=C\CCC)OC(=O)CCCCCCCCC/C=C\C/C=C\CCCCC. The van der Waals surface area contributed by atoms with Crippen LogP contribution in [0.5, 0.6) is 0 Å². The van der Waals surface area contributed by atoms with Crippen LogP contribution in [0, 0.1) is 0 Å². The van der Waals surface area contributed by atoms with Crippen LogP contribution in [-0.4, -0.2) is 37.2 Å². The summed E-state index contributed by atoms with van der Waals surface area (Å²) in [6, 6.07) is 0. The van der Waals surface area contributed by atoms with Crippen molar-refractivity contribution in [1.29, 1.82) is 0 Å². The van der Waals surface area contributed by atoms with Gasteiger partial charge in [-0.1, -0.05) is 291 Å². The van der Waals surface area contributed by atoms with E-state index >= 15 is 0 Å². The van der Waals surface area contributed by atoms with Crippen LogP contribution in [0.2, 0.25) is 0 Å². The van der Waals surface area contributed by atoms with Gasteiger partial charge in [-0.3, -0.25) is 14.4 Å². The van der Waals surface area contributed by atoms with Crippen LogP contribution in [0.3, 0.4) is 0 Å². The highest BCUT2D eigenvalue weighted by Crippen LogP contribution is 2.17. The molecule has 0 aliphatic carbocycles. The van der Waals surface area contributed by atoms with Crippen LogP contribution >= 0.6 is 0 Å². The van der Waals surface area contributed by atoms with Crippen molar-refractivity contribution in [2.24, 2.45) is 0 Å². The van der Waals surface area contributed by atoms with E-state index in [-0.39, 0.29) is 31.1 Å². The fourth-order valence-electron chi connectivity index (χ4n) is 9.50. The summed E-state index contributed by atoms with van der Waals surface area (Å²) in [5.74, 6) is -0.892. The highest BCUT2D eigenvalue weighted by Gasteiger charge is 2.19. The van der Waals surface area contributed by atoms with Gasteiger partial charge in [-0.05, 0) is 116 Å². The van der Waals surface area contributed by atoms with Gasteiger partial charge in [0.2, 0.25) is 0 Å². The zero-order valence-corrected chi connectivity index (χ0v) is 52.1. The van der Waals surface area contributed by atoms with Crippen LogP contribution in [-0.2, 0) is 28.6 Å². The van der Waals surface area contributed by atoms with Crippen molar-refractivity contribution in [2.45, 2.75) is 335 Å². The molecule has 454 valence electrons. The zero-order chi connectivity index (χ0) is 57.1. The molecule has 0 aromatic heterocycles. The second-order valence-electron chi connectivity index (χ2n) is 22.3. The maximum atomic E-state index is 12.9. The molecule has 0 N–H and O–H groups in total. The van der Waals surface area contributed by atoms with E-state index in [1.165, 1.54) is 167 Å². The lowest BCUT2D eigenvalue weighted by Gasteiger charge is -2.18. The van der Waals surface area contributed by atoms with E-state index in [1.807, 2.05) is 0 Å². The number of carbonyl (C=O) groups is 3. The fraction of sp³-hybridized carbons (Fsp3) is 0.740. The highest BCUT2D eigenvalue weighted by atomic mass is 16.6. The van der Waals surface area contributed by atoms with E-state index in [0.29, 0.717) is 19.3 Å². The Hall–Kier alpha value is -3.67. The third-order valence-electron chi connectivity index (χ3n) is 14.5. The predicted molar refractivity (Wildman–Crippen MR) is 344 cm³/mol. The second kappa shape index (κ2) is 66.8. The first-order chi connectivity index (χ1) is 39.0. The molecule has 0 rings (SSSR count). The summed E-state index contributed by atoms with van der Waals surface area (Å²) >= 11 is 0. The molecule has 6 nitrogen and oxygen atoms in total. The Bertz CT molecular complexity index is 1540. The Morgan fingerprint density at radius 1 is 0.266 bits per heavy atom. The first-order valence-corrected chi connectivity index (χ1v) is 33.7. The Kier molecular flexibility index (Phi) is 63.7. The van der Waals surface area contributed by atoms with E-state index < -0.39 is 6.10 Å². The number of allylic oxidation sites excluding steroid dienone is 16. The van der Waals surface area contributed by atoms with Gasteiger partial charge in [0.1, 0.15) is 13.2 Å². The van der Waals surface area contributed by atoms with Gasteiger partial charge >= 0.3 is 17.9 Å². The molecule has 1 atom stereocenters. The molecule has 0 radical (unpaired) electrons. The van der Waals surface area contributed by atoms with Crippen LogP contribution in [0.25, 0.3) is 0 Å². The number of rotatable bonds is 61. The lowest BCUT2D eigenvalue weighted by Crippen LogP contribution is -2.30. The predicted octanol–water partition coefficient (Wildman–Crippen LogP) is 23.2. The maximum Gasteiger partial charge on any atom is 0.306 e. The first kappa shape index (κ1) is 75.3. The van der Waals surface area contributed by atoms with Gasteiger partial charge < -0.3 is 14.2 Å². The summed E-state index contributed by atoms with van der Waals surface area (Å²) in [7, 11) is 0. The summed E-state index contributed by atoms with van der Waals surface area (Å²) in [5.41, 5.74) is 0. The van der Waals surface area contributed by atoms with Crippen molar-refractivity contribution in [3.05, 3.63) is 97.2 Å². The molecule has 0 aromatic carbocycles. The number of carbonyl (C=O) groups excluding carboxylic acids is 3. The molecular weight excluding hydrogens is 973 g/mol. The van der Waals surface area contributed by atoms with Gasteiger partial charge in [0.05, 0.1) is 0 Å². The van der Waals surface area contributed by atoms with Crippen molar-refractivity contribution >= 4 is 17.9 Å². The summed E-state index contributed by atoms with van der Waals surface area (Å²) in [4.78, 5) is 38.3. The molecule has 0 heterocycles. The average molecular weight is 1100 g/mol. The Balaban J connectivity index is 4.20. The molecule has 0 saturated carbocycles. The number of ether oxygens (including phenoxy) is 3. The topological polar surface area (TPSA) is 78.9 Å². The van der Waals surface area contributed by atoms with E-state index in [2.05, 4.69) is 118 Å². The number of unbranched alkanes of at least 4 members (excludes halogenated alkanes) is 34. The number of hydrogen-bond acceptors (Lipinski definition) is 6. The molecule has 0 saturated heterocycles. The maximum absolute atomic E-state index is 12.9.